The van der Waals surface area contributed by atoms with Gasteiger partial charge in [-0.05, 0) is 17.7 Å². The average molecular weight is 199 g/mol. The number of carbonyl (C=O) groups is 1. The van der Waals surface area contributed by atoms with Crippen LogP contribution >= 0.6 is 11.6 Å². The summed E-state index contributed by atoms with van der Waals surface area (Å²) >= 11 is 5.76. The van der Waals surface area contributed by atoms with E-state index in [1.807, 2.05) is 12.1 Å². The number of hydrogen-bond acceptors (Lipinski definition) is 2. The molecule has 0 aliphatic rings. The SMILES string of the molecule is COCC(=O)Cc1cccc(Cl)c1. The zero-order chi connectivity index (χ0) is 9.68. The van der Waals surface area contributed by atoms with Gasteiger partial charge in [0.2, 0.25) is 0 Å². The summed E-state index contributed by atoms with van der Waals surface area (Å²) in [5, 5.41) is 0.655. The van der Waals surface area contributed by atoms with Crippen LogP contribution in [0.3, 0.4) is 0 Å². The Morgan fingerprint density at radius 2 is 2.31 bits per heavy atom. The summed E-state index contributed by atoms with van der Waals surface area (Å²) in [6.45, 7) is 0.159. The minimum Gasteiger partial charge on any atom is -0.377 e. The van der Waals surface area contributed by atoms with Gasteiger partial charge in [-0.25, -0.2) is 0 Å². The van der Waals surface area contributed by atoms with Crippen LogP contribution in [-0.2, 0) is 16.0 Å². The molecule has 1 rings (SSSR count). The second kappa shape index (κ2) is 5.00. The Morgan fingerprint density at radius 3 is 2.92 bits per heavy atom. The molecule has 0 bridgehead atoms. The van der Waals surface area contributed by atoms with Crippen molar-refractivity contribution < 1.29 is 9.53 Å². The molecule has 0 radical (unpaired) electrons. The van der Waals surface area contributed by atoms with Gasteiger partial charge in [0.25, 0.3) is 0 Å². The molecule has 0 spiro atoms. The van der Waals surface area contributed by atoms with Crippen LogP contribution in [0.4, 0.5) is 0 Å². The predicted molar refractivity (Wildman–Crippen MR) is 52.0 cm³/mol. The van der Waals surface area contributed by atoms with E-state index in [1.165, 1.54) is 7.11 Å². The smallest absolute Gasteiger partial charge is 0.162 e. The lowest BCUT2D eigenvalue weighted by Crippen LogP contribution is -2.09. The second-order valence-electron chi connectivity index (χ2n) is 2.78. The highest BCUT2D eigenvalue weighted by Crippen LogP contribution is 2.11. The van der Waals surface area contributed by atoms with Crippen LogP contribution in [0, 0.1) is 0 Å². The maximum absolute atomic E-state index is 11.2. The second-order valence-corrected chi connectivity index (χ2v) is 3.21. The molecule has 0 aromatic heterocycles. The molecule has 0 heterocycles. The van der Waals surface area contributed by atoms with E-state index in [1.54, 1.807) is 12.1 Å². The molecule has 1 aromatic carbocycles. The lowest BCUT2D eigenvalue weighted by Gasteiger charge is -2.00. The van der Waals surface area contributed by atoms with Crippen molar-refractivity contribution >= 4 is 17.4 Å². The number of ketones is 1. The topological polar surface area (TPSA) is 26.3 Å². The van der Waals surface area contributed by atoms with E-state index in [0.29, 0.717) is 11.4 Å². The molecule has 0 aliphatic heterocycles. The fourth-order valence-electron chi connectivity index (χ4n) is 1.09. The third kappa shape index (κ3) is 3.57. The molecule has 0 saturated carbocycles. The lowest BCUT2D eigenvalue weighted by molar-refractivity contribution is -0.121. The number of halogens is 1. The molecule has 0 aliphatic carbocycles. The van der Waals surface area contributed by atoms with Crippen molar-refractivity contribution in [3.05, 3.63) is 34.9 Å². The van der Waals surface area contributed by atoms with Crippen LogP contribution < -0.4 is 0 Å². The molecule has 3 heteroatoms. The monoisotopic (exact) mass is 198 g/mol. The molecule has 0 saturated heterocycles. The summed E-state index contributed by atoms with van der Waals surface area (Å²) in [5.74, 6) is 0.0600. The Balaban J connectivity index is 2.58. The molecule has 2 nitrogen and oxygen atoms in total. The van der Waals surface area contributed by atoms with Gasteiger partial charge in [-0.3, -0.25) is 4.79 Å². The van der Waals surface area contributed by atoms with Crippen molar-refractivity contribution in [3.8, 4) is 0 Å². The first kappa shape index (κ1) is 10.2. The van der Waals surface area contributed by atoms with Gasteiger partial charge in [-0.1, -0.05) is 23.7 Å². The van der Waals surface area contributed by atoms with Crippen molar-refractivity contribution in [2.45, 2.75) is 6.42 Å². The number of methoxy groups -OCH3 is 1. The summed E-state index contributed by atoms with van der Waals surface area (Å²) in [4.78, 5) is 11.2. The number of Topliss-reactive ketones (excluding diaryl/α,β-unsaturated/α-hetero) is 1. The number of benzene rings is 1. The summed E-state index contributed by atoms with van der Waals surface area (Å²) in [6, 6.07) is 7.28. The number of rotatable bonds is 4. The quantitative estimate of drug-likeness (QED) is 0.741. The van der Waals surface area contributed by atoms with Gasteiger partial charge in [0.05, 0.1) is 0 Å². The highest BCUT2D eigenvalue weighted by molar-refractivity contribution is 6.30. The standard InChI is InChI=1S/C10H11ClO2/c1-13-7-10(12)6-8-3-2-4-9(11)5-8/h2-5H,6-7H2,1H3. The third-order valence-electron chi connectivity index (χ3n) is 1.60. The average Bonchev–Trinajstić information content (AvgIpc) is 2.04. The summed E-state index contributed by atoms with van der Waals surface area (Å²) in [7, 11) is 1.51. The van der Waals surface area contributed by atoms with Gasteiger partial charge in [-0.15, -0.1) is 0 Å². The maximum atomic E-state index is 11.2. The third-order valence-corrected chi connectivity index (χ3v) is 1.83. The van der Waals surface area contributed by atoms with Gasteiger partial charge >= 0.3 is 0 Å². The number of carbonyl (C=O) groups excluding carboxylic acids is 1. The minimum absolute atomic E-state index is 0.0600. The van der Waals surface area contributed by atoms with Crippen LogP contribution in [0.15, 0.2) is 24.3 Å². The first-order valence-electron chi connectivity index (χ1n) is 3.97. The van der Waals surface area contributed by atoms with E-state index >= 15 is 0 Å². The van der Waals surface area contributed by atoms with E-state index < -0.39 is 0 Å². The molecule has 0 atom stereocenters. The highest BCUT2D eigenvalue weighted by atomic mass is 35.5. The summed E-state index contributed by atoms with van der Waals surface area (Å²) in [5.41, 5.74) is 0.926. The van der Waals surface area contributed by atoms with E-state index in [-0.39, 0.29) is 12.4 Å². The van der Waals surface area contributed by atoms with Crippen molar-refractivity contribution in [2.24, 2.45) is 0 Å². The van der Waals surface area contributed by atoms with Gasteiger partial charge in [0, 0.05) is 18.6 Å². The molecular formula is C10H11ClO2. The van der Waals surface area contributed by atoms with E-state index in [4.69, 9.17) is 16.3 Å². The van der Waals surface area contributed by atoms with Gasteiger partial charge in [-0.2, -0.15) is 0 Å². The molecule has 0 N–H and O–H groups in total. The molecule has 70 valence electrons. The van der Waals surface area contributed by atoms with Crippen molar-refractivity contribution in [1.29, 1.82) is 0 Å². The van der Waals surface area contributed by atoms with Crippen LogP contribution in [0.1, 0.15) is 5.56 Å². The summed E-state index contributed by atoms with van der Waals surface area (Å²) in [6.07, 6.45) is 0.383. The Morgan fingerprint density at radius 1 is 1.54 bits per heavy atom. The zero-order valence-corrected chi connectivity index (χ0v) is 8.17. The first-order chi connectivity index (χ1) is 6.22. The van der Waals surface area contributed by atoms with E-state index in [2.05, 4.69) is 0 Å². The maximum Gasteiger partial charge on any atom is 0.162 e. The van der Waals surface area contributed by atoms with Crippen molar-refractivity contribution in [2.75, 3.05) is 13.7 Å². The Hall–Kier alpha value is -0.860. The molecule has 13 heavy (non-hydrogen) atoms. The first-order valence-corrected chi connectivity index (χ1v) is 4.35. The predicted octanol–water partition coefficient (Wildman–Crippen LogP) is 2.10. The minimum atomic E-state index is 0.0600. The number of hydrogen-bond donors (Lipinski definition) is 0. The van der Waals surface area contributed by atoms with Crippen LogP contribution in [-0.4, -0.2) is 19.5 Å². The fraction of sp³-hybridized carbons (Fsp3) is 0.300. The van der Waals surface area contributed by atoms with Crippen LogP contribution in [0.2, 0.25) is 5.02 Å². The van der Waals surface area contributed by atoms with Crippen molar-refractivity contribution in [3.63, 3.8) is 0 Å². The molecule has 0 unspecified atom stereocenters. The van der Waals surface area contributed by atoms with Crippen LogP contribution in [0.5, 0.6) is 0 Å². The highest BCUT2D eigenvalue weighted by Gasteiger charge is 2.02. The lowest BCUT2D eigenvalue weighted by atomic mass is 10.1. The van der Waals surface area contributed by atoms with Crippen molar-refractivity contribution in [1.82, 2.24) is 0 Å². The van der Waals surface area contributed by atoms with Gasteiger partial charge in [0.15, 0.2) is 5.78 Å². The van der Waals surface area contributed by atoms with E-state index in [0.717, 1.165) is 5.56 Å². The molecule has 0 amide bonds. The van der Waals surface area contributed by atoms with E-state index in [9.17, 15) is 4.79 Å². The Kier molecular flexibility index (Phi) is 3.93. The Bertz CT molecular complexity index is 297. The van der Waals surface area contributed by atoms with Gasteiger partial charge < -0.3 is 4.74 Å². The van der Waals surface area contributed by atoms with Crippen LogP contribution in [0.25, 0.3) is 0 Å². The van der Waals surface area contributed by atoms with Gasteiger partial charge in [0.1, 0.15) is 6.61 Å². The zero-order valence-electron chi connectivity index (χ0n) is 7.42. The molecule has 0 fully saturated rings. The number of ether oxygens (including phenoxy) is 1. The normalized spacial score (nSPS) is 10.0. The molecule has 1 aromatic rings. The largest absolute Gasteiger partial charge is 0.377 e. The molecular weight excluding hydrogens is 188 g/mol. The Labute approximate surface area is 82.5 Å². The fourth-order valence-corrected chi connectivity index (χ4v) is 1.30. The summed E-state index contributed by atoms with van der Waals surface area (Å²) < 4.78 is 4.72.